The summed E-state index contributed by atoms with van der Waals surface area (Å²) in [5.41, 5.74) is 0.904. The van der Waals surface area contributed by atoms with Crippen LogP contribution in [0.2, 0.25) is 0 Å². The average molecular weight is 490 g/mol. The fourth-order valence-corrected chi connectivity index (χ4v) is 6.43. The van der Waals surface area contributed by atoms with Crippen molar-refractivity contribution in [2.75, 3.05) is 66.0 Å². The van der Waals surface area contributed by atoms with Crippen molar-refractivity contribution in [2.24, 2.45) is 11.8 Å². The molecule has 2 unspecified atom stereocenters. The van der Waals surface area contributed by atoms with Crippen LogP contribution >= 0.6 is 11.6 Å². The molecule has 0 spiro atoms. The van der Waals surface area contributed by atoms with Gasteiger partial charge in [0.25, 0.3) is 5.91 Å². The van der Waals surface area contributed by atoms with Gasteiger partial charge in [0, 0.05) is 51.4 Å². The second-order valence-corrected chi connectivity index (χ2v) is 10.3. The van der Waals surface area contributed by atoms with Crippen LogP contribution in [0.5, 0.6) is 5.75 Å². The molecule has 2 N–H and O–H groups in total. The van der Waals surface area contributed by atoms with Gasteiger partial charge in [0.1, 0.15) is 18.2 Å². The third-order valence-corrected chi connectivity index (χ3v) is 8.16. The number of rotatable bonds is 2. The van der Waals surface area contributed by atoms with Crippen LogP contribution in [0, 0.1) is 17.7 Å². The Morgan fingerprint density at radius 2 is 1.97 bits per heavy atom. The highest BCUT2D eigenvalue weighted by atomic mass is 35.5. The monoisotopic (exact) mass is 489 g/mol. The number of ether oxygens (including phenoxy) is 1. The van der Waals surface area contributed by atoms with Gasteiger partial charge in [-0.05, 0) is 31.0 Å². The van der Waals surface area contributed by atoms with Gasteiger partial charge < -0.3 is 25.0 Å². The van der Waals surface area contributed by atoms with Crippen LogP contribution in [0.3, 0.4) is 0 Å². The lowest BCUT2D eigenvalue weighted by molar-refractivity contribution is -0.134. The number of phenols is 1. The van der Waals surface area contributed by atoms with Crippen LogP contribution in [0.25, 0.3) is 5.57 Å². The first-order valence-electron chi connectivity index (χ1n) is 11.9. The number of halogens is 2. The lowest BCUT2D eigenvalue weighted by Gasteiger charge is -2.41. The molecular weight excluding hydrogens is 461 g/mol. The molecule has 1 aromatic rings. The molecule has 0 bridgehead atoms. The van der Waals surface area contributed by atoms with Gasteiger partial charge >= 0.3 is 0 Å². The third kappa shape index (κ3) is 3.48. The maximum atomic E-state index is 14.9. The molecule has 3 fully saturated rings. The van der Waals surface area contributed by atoms with Crippen molar-refractivity contribution in [2.45, 2.75) is 6.04 Å². The van der Waals surface area contributed by atoms with E-state index in [0.717, 1.165) is 32.7 Å². The Bertz CT molecular complexity index is 1060. The number of aromatic hydroxyl groups is 1. The zero-order valence-corrected chi connectivity index (χ0v) is 19.9. The fraction of sp³-hybridized carbons (Fsp3) is 0.542. The van der Waals surface area contributed by atoms with Gasteiger partial charge in [-0.3, -0.25) is 9.80 Å². The summed E-state index contributed by atoms with van der Waals surface area (Å²) in [5.74, 6) is 0.448. The number of carbonyl (C=O) groups is 1. The minimum absolute atomic E-state index is 0.0582. The molecule has 0 aromatic heterocycles. The number of hydrogen-bond acceptors (Lipinski definition) is 7. The molecule has 6 rings (SSSR count). The minimum Gasteiger partial charge on any atom is -0.507 e. The molecule has 1 amide bonds. The highest BCUT2D eigenvalue weighted by Gasteiger charge is 2.47. The van der Waals surface area contributed by atoms with Crippen LogP contribution in [0.4, 0.5) is 4.39 Å². The van der Waals surface area contributed by atoms with E-state index in [2.05, 4.69) is 22.3 Å². The number of likely N-dealkylation sites (tertiary alicyclic amines) is 1. The van der Waals surface area contributed by atoms with Crippen LogP contribution in [0.1, 0.15) is 5.56 Å². The van der Waals surface area contributed by atoms with Gasteiger partial charge in [-0.25, -0.2) is 9.40 Å². The number of hydrogen-bond donors (Lipinski definition) is 2. The molecule has 0 radical (unpaired) electrons. The minimum atomic E-state index is -0.557. The number of hydrazine groups is 1. The van der Waals surface area contributed by atoms with E-state index in [9.17, 15) is 14.3 Å². The molecule has 1 aromatic carbocycles. The summed E-state index contributed by atoms with van der Waals surface area (Å²) < 4.78 is 21.1. The Labute approximate surface area is 203 Å². The van der Waals surface area contributed by atoms with E-state index in [0.29, 0.717) is 42.8 Å². The van der Waals surface area contributed by atoms with Crippen molar-refractivity contribution in [3.05, 3.63) is 46.1 Å². The third-order valence-electron chi connectivity index (χ3n) is 7.76. The van der Waals surface area contributed by atoms with Crippen molar-refractivity contribution < 1.29 is 19.0 Å². The smallest absolute Gasteiger partial charge is 0.275 e. The van der Waals surface area contributed by atoms with Gasteiger partial charge in [0.2, 0.25) is 0 Å². The Kier molecular flexibility index (Phi) is 5.48. The van der Waals surface area contributed by atoms with E-state index in [-0.39, 0.29) is 40.6 Å². The van der Waals surface area contributed by atoms with Crippen LogP contribution in [0.15, 0.2) is 34.7 Å². The Balaban J connectivity index is 1.45. The molecule has 34 heavy (non-hydrogen) atoms. The quantitative estimate of drug-likeness (QED) is 0.648. The van der Waals surface area contributed by atoms with Crippen molar-refractivity contribution >= 4 is 23.1 Å². The molecular formula is C24H29ClFN5O3. The number of allylic oxidation sites excluding steroid dienone is 1. The van der Waals surface area contributed by atoms with Crippen LogP contribution < -0.4 is 5.32 Å². The lowest BCUT2D eigenvalue weighted by atomic mass is 9.99. The maximum Gasteiger partial charge on any atom is 0.275 e. The SMILES string of the molecule is CN1CC2CN(N3CC(c4c(O)cccc4F)=C(Cl)C4=C3C(=O)N3CCNC[C@@H]3CO4)CC2C1. The molecule has 5 heterocycles. The van der Waals surface area contributed by atoms with Crippen molar-refractivity contribution in [3.8, 4) is 5.75 Å². The van der Waals surface area contributed by atoms with Crippen molar-refractivity contribution in [1.82, 2.24) is 25.1 Å². The summed E-state index contributed by atoms with van der Waals surface area (Å²) in [7, 11) is 2.14. The topological polar surface area (TPSA) is 71.5 Å². The number of nitrogens with one attached hydrogen (secondary N) is 1. The first-order chi connectivity index (χ1) is 16.4. The van der Waals surface area contributed by atoms with Gasteiger partial charge in [0.15, 0.2) is 11.5 Å². The van der Waals surface area contributed by atoms with Gasteiger partial charge in [0.05, 0.1) is 23.2 Å². The Hall–Kier alpha value is -2.33. The van der Waals surface area contributed by atoms with E-state index < -0.39 is 5.82 Å². The van der Waals surface area contributed by atoms with Crippen molar-refractivity contribution in [3.63, 3.8) is 0 Å². The van der Waals surface area contributed by atoms with Gasteiger partial charge in [-0.2, -0.15) is 0 Å². The Morgan fingerprint density at radius 3 is 2.71 bits per heavy atom. The van der Waals surface area contributed by atoms with Crippen LogP contribution in [-0.4, -0.2) is 103 Å². The van der Waals surface area contributed by atoms with E-state index in [4.69, 9.17) is 16.3 Å². The second kappa shape index (κ2) is 8.41. The molecule has 3 saturated heterocycles. The molecule has 8 nitrogen and oxygen atoms in total. The molecule has 10 heteroatoms. The fourth-order valence-electron chi connectivity index (χ4n) is 6.13. The van der Waals surface area contributed by atoms with Gasteiger partial charge in [-0.15, -0.1) is 0 Å². The number of amides is 1. The highest BCUT2D eigenvalue weighted by molar-refractivity contribution is 6.35. The van der Waals surface area contributed by atoms with Gasteiger partial charge in [-0.1, -0.05) is 17.7 Å². The first kappa shape index (κ1) is 22.2. The predicted molar refractivity (Wildman–Crippen MR) is 125 cm³/mol. The summed E-state index contributed by atoms with van der Waals surface area (Å²) in [6.07, 6.45) is 0. The van der Waals surface area contributed by atoms with E-state index in [1.54, 1.807) is 0 Å². The summed E-state index contributed by atoms with van der Waals surface area (Å²) >= 11 is 6.84. The summed E-state index contributed by atoms with van der Waals surface area (Å²) in [6, 6.07) is 4.12. The zero-order valence-electron chi connectivity index (χ0n) is 19.1. The number of nitrogens with zero attached hydrogens (tertiary/aromatic N) is 4. The highest BCUT2D eigenvalue weighted by Crippen LogP contribution is 2.43. The molecule has 5 aliphatic rings. The number of carbonyl (C=O) groups excluding carboxylic acids is 1. The number of benzene rings is 1. The lowest BCUT2D eigenvalue weighted by Crippen LogP contribution is -2.57. The van der Waals surface area contributed by atoms with Crippen molar-refractivity contribution in [1.29, 1.82) is 0 Å². The van der Waals surface area contributed by atoms with E-state index >= 15 is 0 Å². The molecule has 182 valence electrons. The molecule has 3 atom stereocenters. The van der Waals surface area contributed by atoms with Crippen LogP contribution in [-0.2, 0) is 9.53 Å². The number of phenolic OH excluding ortho intramolecular Hbond substituents is 1. The maximum absolute atomic E-state index is 14.9. The first-order valence-corrected chi connectivity index (χ1v) is 12.3. The summed E-state index contributed by atoms with van der Waals surface area (Å²) in [4.78, 5) is 18.1. The molecule has 5 aliphatic heterocycles. The summed E-state index contributed by atoms with van der Waals surface area (Å²) in [6.45, 7) is 6.09. The van der Waals surface area contributed by atoms with E-state index in [1.807, 2.05) is 9.91 Å². The number of fused-ring (bicyclic) bond motifs is 2. The summed E-state index contributed by atoms with van der Waals surface area (Å²) in [5, 5.41) is 18.2. The zero-order chi connectivity index (χ0) is 23.6. The Morgan fingerprint density at radius 1 is 1.21 bits per heavy atom. The standard InChI is InChI=1S/C24H29ClFN5O3/c1-28-8-14-10-29(11-15(14)9-28)31-12-17(20-18(26)3-2-4-19(20)32)21(25)23-22(31)24(33)30-6-5-27-7-16(30)13-34-23/h2-4,14-16,27,32H,5-13H2,1H3/t14?,15?,16-/m1/s1. The largest absolute Gasteiger partial charge is 0.507 e. The number of piperazine rings is 1. The van der Waals surface area contributed by atoms with E-state index in [1.165, 1.54) is 18.2 Å². The normalized spacial score (nSPS) is 30.3. The molecule has 0 saturated carbocycles. The average Bonchev–Trinajstić information content (AvgIpc) is 3.31. The predicted octanol–water partition coefficient (Wildman–Crippen LogP) is 1.25. The second-order valence-electron chi connectivity index (χ2n) is 9.94. The molecule has 0 aliphatic carbocycles.